The molecule has 6 rings (SSSR count). The molecule has 0 N–H and O–H groups in total. The third-order valence-corrected chi connectivity index (χ3v) is 6.94. The maximum Gasteiger partial charge on any atom is 0.282 e. The average Bonchev–Trinajstić information content (AvgIpc) is 3.41. The van der Waals surface area contributed by atoms with Gasteiger partial charge in [0.05, 0.1) is 37.0 Å². The molecule has 0 saturated carbocycles. The van der Waals surface area contributed by atoms with Crippen molar-refractivity contribution in [3.05, 3.63) is 82.6 Å². The minimum Gasteiger partial charge on any atom is -0.496 e. The van der Waals surface area contributed by atoms with E-state index in [1.165, 1.54) is 11.1 Å². The van der Waals surface area contributed by atoms with E-state index >= 15 is 0 Å². The van der Waals surface area contributed by atoms with Gasteiger partial charge in [-0.2, -0.15) is 9.78 Å². The number of fused-ring (bicyclic) bond motifs is 2. The minimum absolute atomic E-state index is 0.293. The molecule has 0 amide bonds. The quantitative estimate of drug-likeness (QED) is 0.274. The highest BCUT2D eigenvalue weighted by molar-refractivity contribution is 5.88. The first-order valence-electron chi connectivity index (χ1n) is 12.7. The molecule has 0 bridgehead atoms. The topological polar surface area (TPSA) is 82.1 Å². The Morgan fingerprint density at radius 1 is 0.921 bits per heavy atom. The second-order valence-corrected chi connectivity index (χ2v) is 9.28. The minimum atomic E-state index is -0.293. The van der Waals surface area contributed by atoms with Crippen molar-refractivity contribution in [2.75, 3.05) is 32.2 Å². The van der Waals surface area contributed by atoms with Crippen LogP contribution >= 0.6 is 0 Å². The number of aromatic nitrogens is 2. The van der Waals surface area contributed by atoms with E-state index in [0.717, 1.165) is 42.8 Å². The van der Waals surface area contributed by atoms with Gasteiger partial charge < -0.3 is 18.8 Å². The number of para-hydroxylation sites is 2. The first-order chi connectivity index (χ1) is 18.7. The number of ether oxygens (including phenoxy) is 2. The van der Waals surface area contributed by atoms with Gasteiger partial charge in [0.15, 0.2) is 5.76 Å². The van der Waals surface area contributed by atoms with Crippen LogP contribution in [0.4, 0.5) is 5.69 Å². The molecule has 0 spiro atoms. The third-order valence-electron chi connectivity index (χ3n) is 6.94. The van der Waals surface area contributed by atoms with Gasteiger partial charge in [-0.1, -0.05) is 30.3 Å². The van der Waals surface area contributed by atoms with Crippen LogP contribution in [-0.4, -0.2) is 43.2 Å². The van der Waals surface area contributed by atoms with E-state index < -0.39 is 0 Å². The number of hydrogen-bond donors (Lipinski definition) is 0. The first-order valence-corrected chi connectivity index (χ1v) is 12.7. The summed E-state index contributed by atoms with van der Waals surface area (Å²) < 4.78 is 18.8. The molecule has 1 aliphatic heterocycles. The van der Waals surface area contributed by atoms with Crippen molar-refractivity contribution < 1.29 is 13.9 Å². The Kier molecular flexibility index (Phi) is 6.29. The van der Waals surface area contributed by atoms with Gasteiger partial charge >= 0.3 is 0 Å². The summed E-state index contributed by atoms with van der Waals surface area (Å²) in [5.74, 6) is 2.14. The lowest BCUT2D eigenvalue weighted by atomic mass is 10.1. The van der Waals surface area contributed by atoms with Gasteiger partial charge in [-0.05, 0) is 49.6 Å². The normalized spacial score (nSPS) is 14.0. The Labute approximate surface area is 219 Å². The summed E-state index contributed by atoms with van der Waals surface area (Å²) in [5.41, 5.74) is 2.66. The molecule has 0 aliphatic carbocycles. The summed E-state index contributed by atoms with van der Waals surface area (Å²) >= 11 is 0. The fraction of sp³-hybridized carbons (Fsp3) is 0.233. The molecule has 5 aromatic rings. The second-order valence-electron chi connectivity index (χ2n) is 9.28. The molecule has 38 heavy (non-hydrogen) atoms. The molecule has 2 aromatic heterocycles. The highest BCUT2D eigenvalue weighted by Gasteiger charge is 2.19. The predicted octanol–water partition coefficient (Wildman–Crippen LogP) is 5.70. The highest BCUT2D eigenvalue weighted by Crippen LogP contribution is 2.36. The van der Waals surface area contributed by atoms with Crippen LogP contribution < -0.4 is 19.9 Å². The molecular formula is C30H28N4O4. The van der Waals surface area contributed by atoms with E-state index in [0.29, 0.717) is 39.4 Å². The number of piperidine rings is 1. The summed E-state index contributed by atoms with van der Waals surface area (Å²) in [6, 6.07) is 20.6. The largest absolute Gasteiger partial charge is 0.496 e. The zero-order valence-electron chi connectivity index (χ0n) is 21.4. The number of benzene rings is 3. The molecule has 192 valence electrons. The predicted molar refractivity (Wildman–Crippen MR) is 150 cm³/mol. The van der Waals surface area contributed by atoms with Crippen molar-refractivity contribution in [2.45, 2.75) is 19.3 Å². The van der Waals surface area contributed by atoms with Crippen LogP contribution in [0.3, 0.4) is 0 Å². The number of methoxy groups -OCH3 is 2. The summed E-state index contributed by atoms with van der Waals surface area (Å²) in [4.78, 5) is 20.7. The third kappa shape index (κ3) is 4.28. The Balaban J connectivity index is 1.49. The van der Waals surface area contributed by atoms with Gasteiger partial charge in [-0.3, -0.25) is 4.79 Å². The van der Waals surface area contributed by atoms with Crippen LogP contribution in [-0.2, 0) is 0 Å². The number of hydrogen-bond acceptors (Lipinski definition) is 7. The summed E-state index contributed by atoms with van der Waals surface area (Å²) in [6.07, 6.45) is 5.14. The van der Waals surface area contributed by atoms with E-state index in [-0.39, 0.29) is 5.56 Å². The lowest BCUT2D eigenvalue weighted by Crippen LogP contribution is -2.29. The van der Waals surface area contributed by atoms with E-state index in [9.17, 15) is 4.79 Å². The van der Waals surface area contributed by atoms with Gasteiger partial charge in [-0.25, -0.2) is 4.98 Å². The lowest BCUT2D eigenvalue weighted by Gasteiger charge is -2.30. The van der Waals surface area contributed by atoms with Gasteiger partial charge in [0.25, 0.3) is 5.56 Å². The first kappa shape index (κ1) is 23.8. The zero-order chi connectivity index (χ0) is 26.1. The number of anilines is 1. The van der Waals surface area contributed by atoms with Crippen LogP contribution in [0.5, 0.6) is 11.5 Å². The van der Waals surface area contributed by atoms with Crippen LogP contribution in [0.2, 0.25) is 0 Å². The monoisotopic (exact) mass is 508 g/mol. The van der Waals surface area contributed by atoms with Crippen LogP contribution in [0, 0.1) is 0 Å². The molecule has 8 heteroatoms. The molecule has 1 aliphatic rings. The molecule has 0 unspecified atom stereocenters. The van der Waals surface area contributed by atoms with Crippen LogP contribution in [0.15, 0.2) is 81.0 Å². The second kappa shape index (κ2) is 10.0. The molecule has 0 radical (unpaired) electrons. The number of nitrogens with zero attached hydrogens (tertiary/aromatic N) is 4. The SMILES string of the molecule is COc1cc(N2CCCCC2)c(OC)cc1C=Nn1c(-c2cc3ccccc3o2)nc2ccccc2c1=O. The maximum atomic E-state index is 13.6. The van der Waals surface area contributed by atoms with E-state index in [4.69, 9.17) is 18.9 Å². The molecule has 1 saturated heterocycles. The average molecular weight is 509 g/mol. The van der Waals surface area contributed by atoms with Gasteiger partial charge in [0, 0.05) is 30.1 Å². The fourth-order valence-electron chi connectivity index (χ4n) is 4.99. The maximum absolute atomic E-state index is 13.6. The highest BCUT2D eigenvalue weighted by atomic mass is 16.5. The van der Waals surface area contributed by atoms with E-state index in [1.807, 2.05) is 60.7 Å². The summed E-state index contributed by atoms with van der Waals surface area (Å²) in [7, 11) is 3.29. The van der Waals surface area contributed by atoms with Crippen LogP contribution in [0.25, 0.3) is 33.5 Å². The Hall–Kier alpha value is -4.59. The van der Waals surface area contributed by atoms with Crippen LogP contribution in [0.1, 0.15) is 24.8 Å². The van der Waals surface area contributed by atoms with Crippen molar-refractivity contribution in [1.29, 1.82) is 0 Å². The molecule has 1 fully saturated rings. The molecular weight excluding hydrogens is 480 g/mol. The molecule has 3 heterocycles. The van der Waals surface area contributed by atoms with Crippen molar-refractivity contribution >= 4 is 33.8 Å². The standard InChI is InChI=1S/C30H28N4O4/c1-36-26-18-24(33-14-8-3-9-15-33)27(37-2)17-21(26)19-31-34-29(28-16-20-10-4-7-13-25(20)38-28)32-23-12-6-5-11-22(23)30(34)35/h4-7,10-13,16-19H,3,8-9,14-15H2,1-2H3. The number of rotatable bonds is 6. The Morgan fingerprint density at radius 2 is 1.68 bits per heavy atom. The fourth-order valence-corrected chi connectivity index (χ4v) is 4.99. The van der Waals surface area contributed by atoms with Crippen molar-refractivity contribution in [3.63, 3.8) is 0 Å². The summed E-state index contributed by atoms with van der Waals surface area (Å²) in [5, 5.41) is 5.99. The van der Waals surface area contributed by atoms with Gasteiger partial charge in [-0.15, -0.1) is 0 Å². The smallest absolute Gasteiger partial charge is 0.282 e. The van der Waals surface area contributed by atoms with Gasteiger partial charge in [0.1, 0.15) is 17.1 Å². The Bertz CT molecular complexity index is 1680. The Morgan fingerprint density at radius 3 is 2.47 bits per heavy atom. The van der Waals surface area contributed by atoms with E-state index in [2.05, 4.69) is 10.0 Å². The zero-order valence-corrected chi connectivity index (χ0v) is 21.4. The molecule has 0 atom stereocenters. The summed E-state index contributed by atoms with van der Waals surface area (Å²) in [6.45, 7) is 1.96. The molecule has 3 aromatic carbocycles. The van der Waals surface area contributed by atoms with Crippen molar-refractivity contribution in [2.24, 2.45) is 5.10 Å². The van der Waals surface area contributed by atoms with Crippen molar-refractivity contribution in [1.82, 2.24) is 9.66 Å². The van der Waals surface area contributed by atoms with Crippen molar-refractivity contribution in [3.8, 4) is 23.1 Å². The lowest BCUT2D eigenvalue weighted by molar-refractivity contribution is 0.401. The van der Waals surface area contributed by atoms with Gasteiger partial charge in [0.2, 0.25) is 5.82 Å². The van der Waals surface area contributed by atoms with E-state index in [1.54, 1.807) is 26.5 Å². The molecule has 8 nitrogen and oxygen atoms in total. The number of furan rings is 1.